The van der Waals surface area contributed by atoms with Gasteiger partial charge in [-0.15, -0.1) is 24.8 Å². The van der Waals surface area contributed by atoms with E-state index >= 15 is 0 Å². The zero-order chi connectivity index (χ0) is 12.5. The number of nitrogens with zero attached hydrogens (tertiary/aromatic N) is 1. The van der Waals surface area contributed by atoms with Gasteiger partial charge in [0.25, 0.3) is 0 Å². The Morgan fingerprint density at radius 1 is 1.00 bits per heavy atom. The fraction of sp³-hybridized carbons (Fsp3) is 0.600. The van der Waals surface area contributed by atoms with Crippen LogP contribution >= 0.6 is 24.8 Å². The van der Waals surface area contributed by atoms with E-state index in [2.05, 4.69) is 40.5 Å². The summed E-state index contributed by atoms with van der Waals surface area (Å²) in [6.45, 7) is 7.40. The minimum atomic E-state index is 0. The lowest BCUT2D eigenvalue weighted by Crippen LogP contribution is -2.37. The molecule has 0 radical (unpaired) electrons. The van der Waals surface area contributed by atoms with E-state index in [1.807, 2.05) is 0 Å². The Bertz CT molecular complexity index is 319. The largest absolute Gasteiger partial charge is 0.379 e. The van der Waals surface area contributed by atoms with Crippen molar-refractivity contribution < 1.29 is 4.74 Å². The van der Waals surface area contributed by atoms with Gasteiger partial charge in [0.1, 0.15) is 0 Å². The summed E-state index contributed by atoms with van der Waals surface area (Å²) in [6.07, 6.45) is 2.35. The average Bonchev–Trinajstić information content (AvgIpc) is 2.45. The molecule has 1 N–H and O–H groups in total. The second kappa shape index (κ2) is 12.4. The van der Waals surface area contributed by atoms with Crippen LogP contribution in [0.3, 0.4) is 0 Å². The summed E-state index contributed by atoms with van der Waals surface area (Å²) in [5, 5.41) is 3.52. The van der Waals surface area contributed by atoms with Gasteiger partial charge in [0, 0.05) is 13.1 Å². The number of hydrogen-bond donors (Lipinski definition) is 1. The number of morpholine rings is 1. The molecule has 0 amide bonds. The van der Waals surface area contributed by atoms with Crippen molar-refractivity contribution in [2.75, 3.05) is 45.9 Å². The van der Waals surface area contributed by atoms with Crippen molar-refractivity contribution in [1.29, 1.82) is 0 Å². The number of halogens is 2. The van der Waals surface area contributed by atoms with Crippen LogP contribution in [0.15, 0.2) is 30.3 Å². The van der Waals surface area contributed by atoms with E-state index in [-0.39, 0.29) is 24.8 Å². The van der Waals surface area contributed by atoms with Gasteiger partial charge in [0.05, 0.1) is 13.2 Å². The summed E-state index contributed by atoms with van der Waals surface area (Å²) in [5.41, 5.74) is 1.41. The second-order valence-corrected chi connectivity index (χ2v) is 4.79. The summed E-state index contributed by atoms with van der Waals surface area (Å²) in [6, 6.07) is 10.7. The fourth-order valence-corrected chi connectivity index (χ4v) is 2.25. The summed E-state index contributed by atoms with van der Waals surface area (Å²) in [4.78, 5) is 2.49. The maximum absolute atomic E-state index is 5.34. The number of ether oxygens (including phenoxy) is 1. The molecule has 1 aliphatic rings. The van der Waals surface area contributed by atoms with Gasteiger partial charge in [0.15, 0.2) is 0 Å². The fourth-order valence-electron chi connectivity index (χ4n) is 2.25. The van der Waals surface area contributed by atoms with Crippen LogP contribution in [0, 0.1) is 0 Å². The van der Waals surface area contributed by atoms with Crippen LogP contribution < -0.4 is 5.32 Å². The van der Waals surface area contributed by atoms with Crippen molar-refractivity contribution in [3.8, 4) is 0 Å². The molecule has 1 aromatic rings. The molecule has 2 rings (SSSR count). The molecule has 0 aromatic heterocycles. The predicted molar refractivity (Wildman–Crippen MR) is 89.4 cm³/mol. The molecular weight excluding hydrogens is 295 g/mol. The Balaban J connectivity index is 0.00000180. The van der Waals surface area contributed by atoms with E-state index in [4.69, 9.17) is 4.74 Å². The van der Waals surface area contributed by atoms with Crippen LogP contribution in [0.1, 0.15) is 12.0 Å². The molecule has 1 aliphatic heterocycles. The summed E-state index contributed by atoms with van der Waals surface area (Å²) < 4.78 is 5.34. The molecule has 0 atom stereocenters. The van der Waals surface area contributed by atoms with Crippen LogP contribution in [0.2, 0.25) is 0 Å². The first-order valence-corrected chi connectivity index (χ1v) is 7.00. The lowest BCUT2D eigenvalue weighted by molar-refractivity contribution is 0.0375. The highest BCUT2D eigenvalue weighted by Gasteiger charge is 2.08. The third-order valence-corrected chi connectivity index (χ3v) is 3.36. The first kappa shape index (κ1) is 19.7. The van der Waals surface area contributed by atoms with Crippen LogP contribution in [-0.2, 0) is 11.2 Å². The van der Waals surface area contributed by atoms with Crippen molar-refractivity contribution in [1.82, 2.24) is 10.2 Å². The normalized spacial score (nSPS) is 15.2. The zero-order valence-electron chi connectivity index (χ0n) is 11.9. The van der Waals surface area contributed by atoms with E-state index in [0.717, 1.165) is 45.8 Å². The van der Waals surface area contributed by atoms with Crippen molar-refractivity contribution in [3.05, 3.63) is 35.9 Å². The second-order valence-electron chi connectivity index (χ2n) is 4.79. The monoisotopic (exact) mass is 320 g/mol. The molecule has 3 nitrogen and oxygen atoms in total. The summed E-state index contributed by atoms with van der Waals surface area (Å²) in [7, 11) is 0. The van der Waals surface area contributed by atoms with Gasteiger partial charge in [-0.2, -0.15) is 0 Å². The predicted octanol–water partition coefficient (Wildman–Crippen LogP) is 2.38. The average molecular weight is 321 g/mol. The van der Waals surface area contributed by atoms with Crippen molar-refractivity contribution in [2.24, 2.45) is 0 Å². The Kier molecular flexibility index (Phi) is 12.2. The highest BCUT2D eigenvalue weighted by atomic mass is 35.5. The molecule has 0 bridgehead atoms. The maximum Gasteiger partial charge on any atom is 0.0594 e. The Labute approximate surface area is 134 Å². The number of nitrogens with one attached hydrogen (secondary N) is 1. The Hall–Kier alpha value is -0.320. The van der Waals surface area contributed by atoms with Crippen molar-refractivity contribution in [3.63, 3.8) is 0 Å². The van der Waals surface area contributed by atoms with E-state index < -0.39 is 0 Å². The van der Waals surface area contributed by atoms with Gasteiger partial charge in [-0.1, -0.05) is 30.3 Å². The van der Waals surface area contributed by atoms with Crippen molar-refractivity contribution in [2.45, 2.75) is 12.8 Å². The lowest BCUT2D eigenvalue weighted by Gasteiger charge is -2.26. The van der Waals surface area contributed by atoms with Gasteiger partial charge in [-0.3, -0.25) is 4.90 Å². The van der Waals surface area contributed by atoms with Crippen LogP contribution in [0.4, 0.5) is 0 Å². The topological polar surface area (TPSA) is 24.5 Å². The van der Waals surface area contributed by atoms with E-state index in [0.29, 0.717) is 0 Å². The molecule has 20 heavy (non-hydrogen) atoms. The summed E-state index contributed by atoms with van der Waals surface area (Å²) >= 11 is 0. The third kappa shape index (κ3) is 8.08. The number of rotatable bonds is 7. The molecule has 1 saturated heterocycles. The molecule has 1 heterocycles. The molecule has 0 aliphatic carbocycles. The van der Waals surface area contributed by atoms with Crippen LogP contribution in [0.25, 0.3) is 0 Å². The first-order valence-electron chi connectivity index (χ1n) is 7.00. The molecule has 1 aromatic carbocycles. The standard InChI is InChI=1S/C15H24N2O.2ClH/c1-2-5-15(6-3-1)7-9-16-8-4-10-17-11-13-18-14-12-17;;/h1-3,5-6,16H,4,7-14H2;2*1H. The van der Waals surface area contributed by atoms with Gasteiger partial charge in [-0.05, 0) is 38.0 Å². The van der Waals surface area contributed by atoms with Gasteiger partial charge in [0.2, 0.25) is 0 Å². The van der Waals surface area contributed by atoms with Crippen LogP contribution in [-0.4, -0.2) is 50.8 Å². The zero-order valence-corrected chi connectivity index (χ0v) is 13.6. The highest BCUT2D eigenvalue weighted by molar-refractivity contribution is 5.85. The molecule has 116 valence electrons. The Morgan fingerprint density at radius 2 is 1.70 bits per heavy atom. The molecular formula is C15H26Cl2N2O. The van der Waals surface area contributed by atoms with Gasteiger partial charge in [-0.25, -0.2) is 0 Å². The smallest absolute Gasteiger partial charge is 0.0594 e. The van der Waals surface area contributed by atoms with Crippen LogP contribution in [0.5, 0.6) is 0 Å². The SMILES string of the molecule is Cl.Cl.c1ccc(CCNCCCN2CCOCC2)cc1. The van der Waals surface area contributed by atoms with Gasteiger partial charge < -0.3 is 10.1 Å². The quantitative estimate of drug-likeness (QED) is 0.781. The highest BCUT2D eigenvalue weighted by Crippen LogP contribution is 1.99. The molecule has 5 heteroatoms. The minimum absolute atomic E-state index is 0. The molecule has 0 unspecified atom stereocenters. The Morgan fingerprint density at radius 3 is 2.40 bits per heavy atom. The minimum Gasteiger partial charge on any atom is -0.379 e. The lowest BCUT2D eigenvalue weighted by atomic mass is 10.1. The maximum atomic E-state index is 5.34. The van der Waals surface area contributed by atoms with E-state index in [1.54, 1.807) is 0 Å². The summed E-state index contributed by atoms with van der Waals surface area (Å²) in [5.74, 6) is 0. The molecule has 0 spiro atoms. The first-order chi connectivity index (χ1) is 8.95. The third-order valence-electron chi connectivity index (χ3n) is 3.36. The molecule has 0 saturated carbocycles. The van der Waals surface area contributed by atoms with E-state index in [9.17, 15) is 0 Å². The van der Waals surface area contributed by atoms with Crippen molar-refractivity contribution >= 4 is 24.8 Å². The van der Waals surface area contributed by atoms with E-state index in [1.165, 1.54) is 18.5 Å². The number of hydrogen-bond acceptors (Lipinski definition) is 3. The number of benzene rings is 1. The molecule has 1 fully saturated rings. The van der Waals surface area contributed by atoms with Gasteiger partial charge >= 0.3 is 0 Å².